The molecule has 1 aliphatic rings. The van der Waals surface area contributed by atoms with Crippen LogP contribution >= 0.6 is 22.7 Å². The van der Waals surface area contributed by atoms with Crippen LogP contribution in [-0.2, 0) is 20.9 Å². The number of esters is 2. The van der Waals surface area contributed by atoms with Gasteiger partial charge >= 0.3 is 11.9 Å². The maximum absolute atomic E-state index is 12.7. The molecule has 3 rings (SSSR count). The van der Waals surface area contributed by atoms with Crippen molar-refractivity contribution in [3.8, 4) is 6.07 Å². The van der Waals surface area contributed by atoms with Crippen molar-refractivity contribution in [2.24, 2.45) is 0 Å². The van der Waals surface area contributed by atoms with E-state index in [4.69, 9.17) is 15.2 Å². The summed E-state index contributed by atoms with van der Waals surface area (Å²) in [4.78, 5) is 39.7. The van der Waals surface area contributed by atoms with Gasteiger partial charge in [-0.3, -0.25) is 4.79 Å². The fourth-order valence-electron chi connectivity index (χ4n) is 3.14. The Labute approximate surface area is 175 Å². The number of hydrogen-bond donors (Lipinski definition) is 1. The summed E-state index contributed by atoms with van der Waals surface area (Å²) in [5, 5.41) is 11.3. The molecule has 1 aliphatic heterocycles. The third-order valence-corrected chi connectivity index (χ3v) is 6.38. The summed E-state index contributed by atoms with van der Waals surface area (Å²) in [7, 11) is 0. The smallest absolute Gasteiger partial charge is 0.348 e. The van der Waals surface area contributed by atoms with E-state index in [1.54, 1.807) is 24.4 Å². The van der Waals surface area contributed by atoms with Crippen LogP contribution in [0.3, 0.4) is 0 Å². The standard InChI is InChI=1S/C19H19N3O5S2/c1-2-26-19(25)15-12(11(9-20)16(21)29-15)10-27-18(24)13-5-3-7-22(13)17(23)14-6-4-8-28-14/h4,6,8,13H,2-3,5,7,10,21H2,1H3/t13-/m1/s1. The molecule has 1 amide bonds. The lowest BCUT2D eigenvalue weighted by Crippen LogP contribution is -2.41. The predicted molar refractivity (Wildman–Crippen MR) is 108 cm³/mol. The van der Waals surface area contributed by atoms with Gasteiger partial charge in [0.05, 0.1) is 17.0 Å². The van der Waals surface area contributed by atoms with Gasteiger partial charge in [0.1, 0.15) is 28.6 Å². The molecule has 2 aromatic rings. The molecule has 2 aromatic heterocycles. The summed E-state index contributed by atoms with van der Waals surface area (Å²) in [5.74, 6) is -1.40. The highest BCUT2D eigenvalue weighted by atomic mass is 32.1. The molecule has 29 heavy (non-hydrogen) atoms. The Bertz CT molecular complexity index is 961. The van der Waals surface area contributed by atoms with Crippen LogP contribution in [0.15, 0.2) is 17.5 Å². The van der Waals surface area contributed by atoms with Gasteiger partial charge in [0.15, 0.2) is 0 Å². The van der Waals surface area contributed by atoms with Crippen molar-refractivity contribution in [3.05, 3.63) is 38.4 Å². The topological polar surface area (TPSA) is 123 Å². The number of carbonyl (C=O) groups is 3. The number of thiophene rings is 2. The molecule has 0 unspecified atom stereocenters. The highest BCUT2D eigenvalue weighted by molar-refractivity contribution is 7.18. The number of nitrogens with zero attached hydrogens (tertiary/aromatic N) is 2. The normalized spacial score (nSPS) is 15.7. The van der Waals surface area contributed by atoms with Gasteiger partial charge in [-0.15, -0.1) is 22.7 Å². The van der Waals surface area contributed by atoms with Crippen LogP contribution in [-0.4, -0.2) is 41.9 Å². The lowest BCUT2D eigenvalue weighted by Gasteiger charge is -2.22. The number of ether oxygens (including phenoxy) is 2. The molecule has 8 nitrogen and oxygen atoms in total. The zero-order valence-electron chi connectivity index (χ0n) is 15.7. The number of nitriles is 1. The minimum Gasteiger partial charge on any atom is -0.462 e. The van der Waals surface area contributed by atoms with Crippen molar-refractivity contribution in [2.45, 2.75) is 32.4 Å². The van der Waals surface area contributed by atoms with E-state index < -0.39 is 18.0 Å². The summed E-state index contributed by atoms with van der Waals surface area (Å²) in [6.45, 7) is 2.01. The maximum Gasteiger partial charge on any atom is 0.348 e. The van der Waals surface area contributed by atoms with Crippen molar-refractivity contribution >= 4 is 45.5 Å². The van der Waals surface area contributed by atoms with Crippen LogP contribution in [0, 0.1) is 11.3 Å². The van der Waals surface area contributed by atoms with Gasteiger partial charge in [0, 0.05) is 12.1 Å². The number of amides is 1. The first kappa shape index (κ1) is 20.8. The zero-order chi connectivity index (χ0) is 21.0. The van der Waals surface area contributed by atoms with E-state index in [0.717, 1.165) is 11.3 Å². The van der Waals surface area contributed by atoms with E-state index in [9.17, 15) is 19.6 Å². The van der Waals surface area contributed by atoms with Crippen LogP contribution in [0.2, 0.25) is 0 Å². The zero-order valence-corrected chi connectivity index (χ0v) is 17.3. The number of nitrogen functional groups attached to an aromatic ring is 1. The molecule has 1 atom stereocenters. The fraction of sp³-hybridized carbons (Fsp3) is 0.368. The quantitative estimate of drug-likeness (QED) is 0.695. The summed E-state index contributed by atoms with van der Waals surface area (Å²) < 4.78 is 10.4. The molecule has 0 bridgehead atoms. The predicted octanol–water partition coefficient (Wildman–Crippen LogP) is 2.79. The Morgan fingerprint density at radius 2 is 2.17 bits per heavy atom. The summed E-state index contributed by atoms with van der Waals surface area (Å²) in [5.41, 5.74) is 6.16. The number of carbonyl (C=O) groups excluding carboxylic acids is 3. The van der Waals surface area contributed by atoms with Gasteiger partial charge in [0.25, 0.3) is 5.91 Å². The molecule has 0 radical (unpaired) electrons. The molecule has 0 aromatic carbocycles. The van der Waals surface area contributed by atoms with Gasteiger partial charge < -0.3 is 20.1 Å². The first-order valence-corrected chi connectivity index (χ1v) is 10.7. The van der Waals surface area contributed by atoms with E-state index in [2.05, 4.69) is 0 Å². The van der Waals surface area contributed by atoms with Gasteiger partial charge in [-0.05, 0) is 31.2 Å². The van der Waals surface area contributed by atoms with Crippen molar-refractivity contribution in [1.29, 1.82) is 5.26 Å². The maximum atomic E-state index is 12.7. The number of nitrogens with two attached hydrogens (primary N) is 1. The molecule has 0 aliphatic carbocycles. The van der Waals surface area contributed by atoms with Crippen LogP contribution in [0.25, 0.3) is 0 Å². The van der Waals surface area contributed by atoms with E-state index in [0.29, 0.717) is 24.3 Å². The van der Waals surface area contributed by atoms with Gasteiger partial charge in [-0.2, -0.15) is 5.26 Å². The third kappa shape index (κ3) is 4.26. The average Bonchev–Trinajstić information content (AvgIpc) is 3.45. The Morgan fingerprint density at radius 1 is 1.38 bits per heavy atom. The highest BCUT2D eigenvalue weighted by Gasteiger charge is 2.36. The van der Waals surface area contributed by atoms with Crippen LogP contribution in [0.4, 0.5) is 5.00 Å². The number of likely N-dealkylation sites (tertiary alicyclic amines) is 1. The molecule has 1 saturated heterocycles. The first-order valence-electron chi connectivity index (χ1n) is 8.97. The Hall–Kier alpha value is -2.90. The molecule has 152 valence electrons. The second-order valence-corrected chi connectivity index (χ2v) is 8.22. The van der Waals surface area contributed by atoms with Gasteiger partial charge in [0.2, 0.25) is 0 Å². The van der Waals surface area contributed by atoms with Crippen molar-refractivity contribution in [1.82, 2.24) is 4.90 Å². The first-order chi connectivity index (χ1) is 14.0. The molecular formula is C19H19N3O5S2. The molecule has 3 heterocycles. The SMILES string of the molecule is CCOC(=O)c1sc(N)c(C#N)c1COC(=O)[C@H]1CCCN1C(=O)c1cccs1. The second kappa shape index (κ2) is 9.07. The van der Waals surface area contributed by atoms with Crippen LogP contribution < -0.4 is 5.73 Å². The molecule has 10 heteroatoms. The van der Waals surface area contributed by atoms with Crippen molar-refractivity contribution in [2.75, 3.05) is 18.9 Å². The minimum absolute atomic E-state index is 0.101. The molecule has 0 spiro atoms. The monoisotopic (exact) mass is 433 g/mol. The lowest BCUT2D eigenvalue weighted by molar-refractivity contribution is -0.149. The average molecular weight is 434 g/mol. The molecule has 2 N–H and O–H groups in total. The minimum atomic E-state index is -0.697. The largest absolute Gasteiger partial charge is 0.462 e. The van der Waals surface area contributed by atoms with E-state index in [1.807, 2.05) is 6.07 Å². The Morgan fingerprint density at radius 3 is 2.83 bits per heavy atom. The summed E-state index contributed by atoms with van der Waals surface area (Å²) >= 11 is 2.24. The van der Waals surface area contributed by atoms with Crippen LogP contribution in [0.1, 0.15) is 50.2 Å². The van der Waals surface area contributed by atoms with Gasteiger partial charge in [-0.1, -0.05) is 6.07 Å². The number of rotatable bonds is 6. The summed E-state index contributed by atoms with van der Waals surface area (Å²) in [6, 6.07) is 4.74. The third-order valence-electron chi connectivity index (χ3n) is 4.48. The van der Waals surface area contributed by atoms with E-state index in [1.165, 1.54) is 16.2 Å². The lowest BCUT2D eigenvalue weighted by atomic mass is 10.1. The highest BCUT2D eigenvalue weighted by Crippen LogP contribution is 2.32. The van der Waals surface area contributed by atoms with Crippen LogP contribution in [0.5, 0.6) is 0 Å². The van der Waals surface area contributed by atoms with Crippen molar-refractivity contribution < 1.29 is 23.9 Å². The van der Waals surface area contributed by atoms with E-state index >= 15 is 0 Å². The molecular weight excluding hydrogens is 414 g/mol. The molecule has 1 fully saturated rings. The molecule has 0 saturated carbocycles. The van der Waals surface area contributed by atoms with Gasteiger partial charge in [-0.25, -0.2) is 9.59 Å². The number of anilines is 1. The van der Waals surface area contributed by atoms with Crippen molar-refractivity contribution in [3.63, 3.8) is 0 Å². The van der Waals surface area contributed by atoms with E-state index in [-0.39, 0.29) is 40.1 Å². The fourth-order valence-corrected chi connectivity index (χ4v) is 4.74. The number of hydrogen-bond acceptors (Lipinski definition) is 9. The summed E-state index contributed by atoms with van der Waals surface area (Å²) in [6.07, 6.45) is 1.19. The second-order valence-electron chi connectivity index (χ2n) is 6.22. The Kier molecular flexibility index (Phi) is 6.51. The Balaban J connectivity index is 1.74.